The van der Waals surface area contributed by atoms with E-state index in [1.807, 2.05) is 0 Å². The Morgan fingerprint density at radius 3 is 2.52 bits per heavy atom. The van der Waals surface area contributed by atoms with Gasteiger partial charge in [-0.15, -0.1) is 0 Å². The van der Waals surface area contributed by atoms with Gasteiger partial charge >= 0.3 is 6.18 Å². The van der Waals surface area contributed by atoms with Gasteiger partial charge in [0.1, 0.15) is 0 Å². The molecule has 0 bridgehead atoms. The van der Waals surface area contributed by atoms with Crippen molar-refractivity contribution in [2.24, 2.45) is 0 Å². The fourth-order valence-corrected chi connectivity index (χ4v) is 3.06. The van der Waals surface area contributed by atoms with Gasteiger partial charge < -0.3 is 15.4 Å². The van der Waals surface area contributed by atoms with Crippen molar-refractivity contribution >= 4 is 28.9 Å². The number of methoxy groups -OCH3 is 1. The van der Waals surface area contributed by atoms with Crippen LogP contribution in [-0.2, 0) is 17.5 Å². The highest BCUT2D eigenvalue weighted by Gasteiger charge is 2.41. The fourth-order valence-electron chi connectivity index (χ4n) is 2.46. The molecule has 2 rings (SSSR count). The highest BCUT2D eigenvalue weighted by atomic mass is 35.5. The molecule has 1 aromatic rings. The number of alkyl halides is 3. The van der Waals surface area contributed by atoms with Gasteiger partial charge in [0.05, 0.1) is 10.7 Å². The summed E-state index contributed by atoms with van der Waals surface area (Å²) >= 11 is 11.1. The summed E-state index contributed by atoms with van der Waals surface area (Å²) in [5.74, 6) is 0.0904. The zero-order valence-corrected chi connectivity index (χ0v) is 15.5. The predicted octanol–water partition coefficient (Wildman–Crippen LogP) is 3.32. The zero-order chi connectivity index (χ0) is 18.4. The Morgan fingerprint density at radius 2 is 1.96 bits per heavy atom. The monoisotopic (exact) mass is 398 g/mol. The van der Waals surface area contributed by atoms with Gasteiger partial charge in [-0.05, 0) is 37.9 Å². The quantitative estimate of drug-likeness (QED) is 0.493. The molecule has 2 N–H and O–H groups in total. The summed E-state index contributed by atoms with van der Waals surface area (Å²) in [6, 6.07) is 0. The van der Waals surface area contributed by atoms with Crippen LogP contribution in [0.5, 0.6) is 0 Å². The van der Waals surface area contributed by atoms with Crippen molar-refractivity contribution in [2.75, 3.05) is 26.8 Å². The van der Waals surface area contributed by atoms with E-state index in [2.05, 4.69) is 15.7 Å². The number of hydrogen-bond donors (Lipinski definition) is 2. The van der Waals surface area contributed by atoms with Crippen LogP contribution in [0.1, 0.15) is 43.0 Å². The van der Waals surface area contributed by atoms with E-state index in [4.69, 9.17) is 28.6 Å². The molecule has 0 atom stereocenters. The highest BCUT2D eigenvalue weighted by Crippen LogP contribution is 2.46. The van der Waals surface area contributed by atoms with E-state index in [-0.39, 0.29) is 10.9 Å². The van der Waals surface area contributed by atoms with Gasteiger partial charge in [0, 0.05) is 39.3 Å². The van der Waals surface area contributed by atoms with Crippen LogP contribution >= 0.6 is 23.8 Å². The topological polar surface area (TPSA) is 51.1 Å². The second-order valence-electron chi connectivity index (χ2n) is 5.93. The minimum atomic E-state index is -4.53. The summed E-state index contributed by atoms with van der Waals surface area (Å²) in [5, 5.41) is 10.0. The molecule has 10 heteroatoms. The van der Waals surface area contributed by atoms with Gasteiger partial charge in [0.25, 0.3) is 0 Å². The molecule has 1 aliphatic carbocycles. The van der Waals surface area contributed by atoms with Gasteiger partial charge in [0.15, 0.2) is 10.8 Å². The van der Waals surface area contributed by atoms with Crippen molar-refractivity contribution in [1.29, 1.82) is 0 Å². The van der Waals surface area contributed by atoms with E-state index in [0.29, 0.717) is 43.5 Å². The number of hydrogen-bond acceptors (Lipinski definition) is 3. The highest BCUT2D eigenvalue weighted by molar-refractivity contribution is 7.80. The summed E-state index contributed by atoms with van der Waals surface area (Å²) in [7, 11) is 1.64. The molecule has 0 radical (unpaired) electrons. The SMILES string of the molecule is COCCCNC(=S)NCCCn1nc(C(F)(F)F)c(Cl)c1C1CC1. The minimum absolute atomic E-state index is 0.0904. The number of halogens is 4. The van der Waals surface area contributed by atoms with Gasteiger partial charge in [-0.1, -0.05) is 11.6 Å². The van der Waals surface area contributed by atoms with Crippen molar-refractivity contribution in [3.63, 3.8) is 0 Å². The van der Waals surface area contributed by atoms with E-state index < -0.39 is 11.9 Å². The molecule has 0 unspecified atom stereocenters. The molecule has 142 valence electrons. The fraction of sp³-hybridized carbons (Fsp3) is 0.733. The van der Waals surface area contributed by atoms with Crippen molar-refractivity contribution in [1.82, 2.24) is 20.4 Å². The van der Waals surface area contributed by atoms with Gasteiger partial charge in [0.2, 0.25) is 0 Å². The molecule has 5 nitrogen and oxygen atoms in total. The van der Waals surface area contributed by atoms with Crippen molar-refractivity contribution in [2.45, 2.75) is 44.3 Å². The summed E-state index contributed by atoms with van der Waals surface area (Å²) in [4.78, 5) is 0. The molecule has 1 aromatic heterocycles. The molecular weight excluding hydrogens is 377 g/mol. The van der Waals surface area contributed by atoms with Crippen LogP contribution in [0, 0.1) is 0 Å². The first-order valence-electron chi connectivity index (χ1n) is 8.18. The number of nitrogens with zero attached hydrogens (tertiary/aromatic N) is 2. The maximum Gasteiger partial charge on any atom is 0.436 e. The number of thiocarbonyl (C=S) groups is 1. The van der Waals surface area contributed by atoms with Gasteiger partial charge in [-0.2, -0.15) is 18.3 Å². The Labute approximate surface area is 155 Å². The van der Waals surface area contributed by atoms with Crippen LogP contribution in [0.2, 0.25) is 5.02 Å². The molecule has 1 aliphatic rings. The standard InChI is InChI=1S/C15H22ClF3N4OS/c1-24-9-3-7-21-14(25)20-6-2-8-23-12(10-4-5-10)11(16)13(22-23)15(17,18)19/h10H,2-9H2,1H3,(H2,20,21,25). The smallest absolute Gasteiger partial charge is 0.385 e. The Hall–Kier alpha value is -1.06. The largest absolute Gasteiger partial charge is 0.436 e. The lowest BCUT2D eigenvalue weighted by Gasteiger charge is -2.11. The zero-order valence-electron chi connectivity index (χ0n) is 14.0. The van der Waals surface area contributed by atoms with Crippen molar-refractivity contribution in [3.8, 4) is 0 Å². The van der Waals surface area contributed by atoms with Crippen LogP contribution in [0.15, 0.2) is 0 Å². The number of rotatable bonds is 9. The molecule has 25 heavy (non-hydrogen) atoms. The van der Waals surface area contributed by atoms with Gasteiger partial charge in [-0.25, -0.2) is 0 Å². The molecule has 1 heterocycles. The van der Waals surface area contributed by atoms with Crippen LogP contribution < -0.4 is 10.6 Å². The van der Waals surface area contributed by atoms with Gasteiger partial charge in [-0.3, -0.25) is 4.68 Å². The van der Waals surface area contributed by atoms with Crippen LogP contribution in [0.25, 0.3) is 0 Å². The summed E-state index contributed by atoms with van der Waals surface area (Å²) in [6.07, 6.45) is -1.38. The third-order valence-electron chi connectivity index (χ3n) is 3.81. The number of aromatic nitrogens is 2. The van der Waals surface area contributed by atoms with E-state index >= 15 is 0 Å². The molecular formula is C15H22ClF3N4OS. The number of nitrogens with one attached hydrogen (secondary N) is 2. The van der Waals surface area contributed by atoms with E-state index in [0.717, 1.165) is 19.3 Å². The Morgan fingerprint density at radius 1 is 1.32 bits per heavy atom. The first-order valence-corrected chi connectivity index (χ1v) is 8.97. The summed E-state index contributed by atoms with van der Waals surface area (Å²) in [6.45, 7) is 2.26. The first kappa shape index (κ1) is 20.3. The van der Waals surface area contributed by atoms with E-state index in [1.165, 1.54) is 4.68 Å². The number of aryl methyl sites for hydroxylation is 1. The van der Waals surface area contributed by atoms with E-state index in [1.54, 1.807) is 7.11 Å². The lowest BCUT2D eigenvalue weighted by Crippen LogP contribution is -2.36. The molecule has 0 spiro atoms. The lowest BCUT2D eigenvalue weighted by molar-refractivity contribution is -0.141. The van der Waals surface area contributed by atoms with Crippen LogP contribution in [0.4, 0.5) is 13.2 Å². The second kappa shape index (κ2) is 9.05. The molecule has 0 saturated heterocycles. The van der Waals surface area contributed by atoms with Crippen LogP contribution in [0.3, 0.4) is 0 Å². The summed E-state index contributed by atoms with van der Waals surface area (Å²) in [5.41, 5.74) is -0.478. The summed E-state index contributed by atoms with van der Waals surface area (Å²) < 4.78 is 45.3. The van der Waals surface area contributed by atoms with Crippen LogP contribution in [-0.4, -0.2) is 41.7 Å². The maximum atomic E-state index is 13.0. The Kier molecular flexibility index (Phi) is 7.33. The lowest BCUT2D eigenvalue weighted by atomic mass is 10.2. The number of ether oxygens (including phenoxy) is 1. The second-order valence-corrected chi connectivity index (χ2v) is 6.71. The predicted molar refractivity (Wildman–Crippen MR) is 93.9 cm³/mol. The average Bonchev–Trinajstić information content (AvgIpc) is 3.31. The molecule has 0 aromatic carbocycles. The Balaban J connectivity index is 1.82. The minimum Gasteiger partial charge on any atom is -0.385 e. The van der Waals surface area contributed by atoms with Crippen molar-refractivity contribution < 1.29 is 17.9 Å². The third-order valence-corrected chi connectivity index (χ3v) is 4.47. The normalized spacial score (nSPS) is 14.6. The van der Waals surface area contributed by atoms with E-state index in [9.17, 15) is 13.2 Å². The molecule has 0 aliphatic heterocycles. The average molecular weight is 399 g/mol. The third kappa shape index (κ3) is 6.00. The van der Waals surface area contributed by atoms with Crippen molar-refractivity contribution in [3.05, 3.63) is 16.4 Å². The molecule has 1 fully saturated rings. The maximum absolute atomic E-state index is 13.0. The Bertz CT molecular complexity index is 590. The molecule has 1 saturated carbocycles. The molecule has 0 amide bonds. The first-order chi connectivity index (χ1) is 11.8.